The van der Waals surface area contributed by atoms with Crippen molar-refractivity contribution < 1.29 is 4.79 Å². The molecule has 3 aromatic rings. The standard InChI is InChI=1S/C16H14N2O/c1-10-11(6-4-7-14(10)17)16(19)13-9-18-15-8-3-2-5-12(13)15/h2-9,18H,17H2,1H3. The van der Waals surface area contributed by atoms with Crippen LogP contribution in [0.1, 0.15) is 21.5 Å². The topological polar surface area (TPSA) is 58.9 Å². The molecule has 0 aliphatic carbocycles. The van der Waals surface area contributed by atoms with Gasteiger partial charge in [-0.25, -0.2) is 0 Å². The zero-order chi connectivity index (χ0) is 13.4. The average Bonchev–Trinajstić information content (AvgIpc) is 2.85. The van der Waals surface area contributed by atoms with Crippen LogP contribution in [0.2, 0.25) is 0 Å². The predicted molar refractivity (Wildman–Crippen MR) is 77.3 cm³/mol. The number of hydrogen-bond acceptors (Lipinski definition) is 2. The van der Waals surface area contributed by atoms with Crippen molar-refractivity contribution in [1.82, 2.24) is 4.98 Å². The second-order valence-electron chi connectivity index (χ2n) is 4.60. The second-order valence-corrected chi connectivity index (χ2v) is 4.60. The quantitative estimate of drug-likeness (QED) is 0.541. The van der Waals surface area contributed by atoms with Gasteiger partial charge in [0.1, 0.15) is 0 Å². The summed E-state index contributed by atoms with van der Waals surface area (Å²) in [5.74, 6) is 0.00208. The minimum absolute atomic E-state index is 0.00208. The molecule has 0 unspecified atom stereocenters. The maximum atomic E-state index is 12.6. The van der Waals surface area contributed by atoms with E-state index in [-0.39, 0.29) is 5.78 Å². The number of benzene rings is 2. The van der Waals surface area contributed by atoms with Crippen molar-refractivity contribution in [2.24, 2.45) is 0 Å². The van der Waals surface area contributed by atoms with Crippen molar-refractivity contribution >= 4 is 22.4 Å². The lowest BCUT2D eigenvalue weighted by atomic mass is 9.98. The summed E-state index contributed by atoms with van der Waals surface area (Å²) in [7, 11) is 0. The van der Waals surface area contributed by atoms with Crippen molar-refractivity contribution in [3.05, 3.63) is 65.4 Å². The van der Waals surface area contributed by atoms with Gasteiger partial charge in [-0.3, -0.25) is 4.79 Å². The van der Waals surface area contributed by atoms with Gasteiger partial charge in [0, 0.05) is 33.9 Å². The van der Waals surface area contributed by atoms with Gasteiger partial charge in [-0.15, -0.1) is 0 Å². The normalized spacial score (nSPS) is 10.8. The number of aromatic nitrogens is 1. The highest BCUT2D eigenvalue weighted by atomic mass is 16.1. The summed E-state index contributed by atoms with van der Waals surface area (Å²) < 4.78 is 0. The molecule has 0 saturated heterocycles. The molecule has 3 rings (SSSR count). The maximum absolute atomic E-state index is 12.6. The minimum Gasteiger partial charge on any atom is -0.398 e. The first-order valence-corrected chi connectivity index (χ1v) is 6.14. The van der Waals surface area contributed by atoms with Crippen LogP contribution in [0, 0.1) is 6.92 Å². The van der Waals surface area contributed by atoms with Crippen LogP contribution in [0.5, 0.6) is 0 Å². The Labute approximate surface area is 111 Å². The summed E-state index contributed by atoms with van der Waals surface area (Å²) >= 11 is 0. The lowest BCUT2D eigenvalue weighted by molar-refractivity contribution is 0.104. The summed E-state index contributed by atoms with van der Waals surface area (Å²) in [6.07, 6.45) is 1.76. The average molecular weight is 250 g/mol. The van der Waals surface area contributed by atoms with Gasteiger partial charge in [-0.1, -0.05) is 30.3 Å². The van der Waals surface area contributed by atoms with Crippen LogP contribution in [0.25, 0.3) is 10.9 Å². The smallest absolute Gasteiger partial charge is 0.195 e. The third-order valence-corrected chi connectivity index (χ3v) is 3.45. The number of carbonyl (C=O) groups excluding carboxylic acids is 1. The zero-order valence-corrected chi connectivity index (χ0v) is 10.6. The molecule has 0 radical (unpaired) electrons. The van der Waals surface area contributed by atoms with Crippen LogP contribution in [0.3, 0.4) is 0 Å². The lowest BCUT2D eigenvalue weighted by Crippen LogP contribution is -2.05. The highest BCUT2D eigenvalue weighted by molar-refractivity contribution is 6.17. The van der Waals surface area contributed by atoms with E-state index >= 15 is 0 Å². The van der Waals surface area contributed by atoms with Gasteiger partial charge in [-0.05, 0) is 24.6 Å². The van der Waals surface area contributed by atoms with E-state index in [1.807, 2.05) is 43.3 Å². The number of carbonyl (C=O) groups is 1. The van der Waals surface area contributed by atoms with Crippen molar-refractivity contribution in [3.63, 3.8) is 0 Å². The molecule has 0 saturated carbocycles. The number of nitrogens with two attached hydrogens (primary N) is 1. The molecule has 1 heterocycles. The largest absolute Gasteiger partial charge is 0.398 e. The molecule has 1 aromatic heterocycles. The van der Waals surface area contributed by atoms with Crippen LogP contribution in [-0.2, 0) is 0 Å². The predicted octanol–water partition coefficient (Wildman–Crippen LogP) is 3.29. The summed E-state index contributed by atoms with van der Waals surface area (Å²) in [5.41, 5.74) is 9.65. The number of ketones is 1. The van der Waals surface area contributed by atoms with Gasteiger partial charge in [0.05, 0.1) is 0 Å². The second kappa shape index (κ2) is 4.28. The molecule has 94 valence electrons. The number of nitrogen functional groups attached to an aromatic ring is 1. The summed E-state index contributed by atoms with van der Waals surface area (Å²) in [4.78, 5) is 15.7. The Morgan fingerprint density at radius 3 is 2.68 bits per heavy atom. The molecule has 0 aliphatic heterocycles. The van der Waals surface area contributed by atoms with E-state index in [9.17, 15) is 4.79 Å². The maximum Gasteiger partial charge on any atom is 0.195 e. The molecule has 0 spiro atoms. The molecule has 0 aliphatic rings. The molecular weight excluding hydrogens is 236 g/mol. The number of anilines is 1. The molecule has 0 bridgehead atoms. The Morgan fingerprint density at radius 1 is 1.05 bits per heavy atom. The Balaban J connectivity index is 2.17. The summed E-state index contributed by atoms with van der Waals surface area (Å²) in [6, 6.07) is 13.2. The number of aromatic amines is 1. The zero-order valence-electron chi connectivity index (χ0n) is 10.6. The van der Waals surface area contributed by atoms with Crippen LogP contribution in [0.4, 0.5) is 5.69 Å². The first kappa shape index (κ1) is 11.5. The van der Waals surface area contributed by atoms with Crippen molar-refractivity contribution in [1.29, 1.82) is 0 Å². The molecular formula is C16H14N2O. The molecule has 2 aromatic carbocycles. The van der Waals surface area contributed by atoms with E-state index in [4.69, 9.17) is 5.73 Å². The monoisotopic (exact) mass is 250 g/mol. The summed E-state index contributed by atoms with van der Waals surface area (Å²) in [5, 5.41) is 0.939. The SMILES string of the molecule is Cc1c(N)cccc1C(=O)c1c[nH]c2ccccc12. The number of rotatable bonds is 2. The van der Waals surface area contributed by atoms with Crippen LogP contribution in [0.15, 0.2) is 48.7 Å². The third-order valence-electron chi connectivity index (χ3n) is 3.45. The van der Waals surface area contributed by atoms with Crippen LogP contribution < -0.4 is 5.73 Å². The number of hydrogen-bond donors (Lipinski definition) is 2. The van der Waals surface area contributed by atoms with E-state index < -0.39 is 0 Å². The van der Waals surface area contributed by atoms with E-state index in [0.29, 0.717) is 16.8 Å². The van der Waals surface area contributed by atoms with Crippen molar-refractivity contribution in [2.45, 2.75) is 6.92 Å². The molecule has 3 nitrogen and oxygen atoms in total. The van der Waals surface area contributed by atoms with Gasteiger partial charge >= 0.3 is 0 Å². The fraction of sp³-hybridized carbons (Fsp3) is 0.0625. The fourth-order valence-corrected chi connectivity index (χ4v) is 2.30. The highest BCUT2D eigenvalue weighted by Crippen LogP contribution is 2.24. The van der Waals surface area contributed by atoms with Gasteiger partial charge in [0.25, 0.3) is 0 Å². The van der Waals surface area contributed by atoms with E-state index in [2.05, 4.69) is 4.98 Å². The Hall–Kier alpha value is -2.55. The molecule has 3 heteroatoms. The Bertz CT molecular complexity index is 771. The first-order valence-electron chi connectivity index (χ1n) is 6.14. The van der Waals surface area contributed by atoms with Gasteiger partial charge < -0.3 is 10.7 Å². The minimum atomic E-state index is 0.00208. The Morgan fingerprint density at radius 2 is 1.84 bits per heavy atom. The number of fused-ring (bicyclic) bond motifs is 1. The van der Waals surface area contributed by atoms with E-state index in [1.54, 1.807) is 12.3 Å². The highest BCUT2D eigenvalue weighted by Gasteiger charge is 2.16. The van der Waals surface area contributed by atoms with Gasteiger partial charge in [0.2, 0.25) is 0 Å². The van der Waals surface area contributed by atoms with E-state index in [1.165, 1.54) is 0 Å². The third kappa shape index (κ3) is 1.80. The molecule has 0 amide bonds. The Kier molecular flexibility index (Phi) is 2.60. The number of nitrogens with one attached hydrogen (secondary N) is 1. The van der Waals surface area contributed by atoms with E-state index in [0.717, 1.165) is 16.5 Å². The first-order chi connectivity index (χ1) is 9.18. The van der Waals surface area contributed by atoms with Crippen molar-refractivity contribution in [3.8, 4) is 0 Å². The van der Waals surface area contributed by atoms with Gasteiger partial charge in [-0.2, -0.15) is 0 Å². The van der Waals surface area contributed by atoms with Crippen molar-refractivity contribution in [2.75, 3.05) is 5.73 Å². The molecule has 19 heavy (non-hydrogen) atoms. The molecule has 0 atom stereocenters. The lowest BCUT2D eigenvalue weighted by Gasteiger charge is -2.06. The van der Waals surface area contributed by atoms with Crippen LogP contribution >= 0.6 is 0 Å². The molecule has 0 fully saturated rings. The number of para-hydroxylation sites is 1. The van der Waals surface area contributed by atoms with Gasteiger partial charge in [0.15, 0.2) is 5.78 Å². The summed E-state index contributed by atoms with van der Waals surface area (Å²) in [6.45, 7) is 1.87. The number of H-pyrrole nitrogens is 1. The fourth-order valence-electron chi connectivity index (χ4n) is 2.30. The van der Waals surface area contributed by atoms with Crippen LogP contribution in [-0.4, -0.2) is 10.8 Å². The molecule has 3 N–H and O–H groups in total.